The highest BCUT2D eigenvalue weighted by Gasteiger charge is 2.30. The van der Waals surface area contributed by atoms with Crippen LogP contribution in [-0.2, 0) is 9.59 Å². The molecule has 30 heavy (non-hydrogen) atoms. The number of benzene rings is 1. The molecule has 1 aromatic rings. The van der Waals surface area contributed by atoms with Gasteiger partial charge < -0.3 is 37.8 Å². The second-order valence-corrected chi connectivity index (χ2v) is 7.33. The first kappa shape index (κ1) is 25.6. The van der Waals surface area contributed by atoms with Gasteiger partial charge in [0.25, 0.3) is 0 Å². The van der Waals surface area contributed by atoms with Crippen LogP contribution in [0, 0.1) is 0 Å². The molecule has 0 bridgehead atoms. The van der Waals surface area contributed by atoms with Gasteiger partial charge in [0.15, 0.2) is 0 Å². The van der Waals surface area contributed by atoms with Crippen LogP contribution in [0.4, 0.5) is 10.5 Å². The van der Waals surface area contributed by atoms with E-state index in [0.29, 0.717) is 23.7 Å². The zero-order valence-electron chi connectivity index (χ0n) is 17.2. The van der Waals surface area contributed by atoms with Gasteiger partial charge in [-0.1, -0.05) is 23.7 Å². The molecule has 0 unspecified atom stereocenters. The van der Waals surface area contributed by atoms with E-state index in [1.807, 2.05) is 0 Å². The average molecular weight is 443 g/mol. The third kappa shape index (κ3) is 8.54. The Kier molecular flexibility index (Phi) is 11.1. The van der Waals surface area contributed by atoms with E-state index >= 15 is 0 Å². The lowest BCUT2D eigenvalue weighted by atomic mass is 10.1. The first-order valence-electron chi connectivity index (χ1n) is 9.70. The van der Waals surface area contributed by atoms with Crippen LogP contribution in [0.5, 0.6) is 0 Å². The first-order valence-corrected chi connectivity index (χ1v) is 10.1. The molecule has 9 N–H and O–H groups in total. The number of nitrogens with one attached hydrogen (secondary N) is 4. The van der Waals surface area contributed by atoms with Crippen molar-refractivity contribution in [3.63, 3.8) is 0 Å². The molecular formula is C19H31ClN6O4. The number of aliphatic hydroxyl groups is 1. The molecule has 1 aromatic carbocycles. The zero-order chi connectivity index (χ0) is 22.7. The Morgan fingerprint density at radius 2 is 1.63 bits per heavy atom. The molecule has 1 rings (SSSR count). The normalized spacial score (nSPS) is 14.7. The molecule has 0 fully saturated rings. The Labute approximate surface area is 181 Å². The maximum Gasteiger partial charge on any atom is 0.319 e. The summed E-state index contributed by atoms with van der Waals surface area (Å²) >= 11 is 6.01. The van der Waals surface area contributed by atoms with E-state index < -0.39 is 36.0 Å². The molecule has 0 saturated carbocycles. The molecule has 0 spiro atoms. The summed E-state index contributed by atoms with van der Waals surface area (Å²) in [7, 11) is 0. The molecule has 4 atom stereocenters. The number of urea groups is 1. The number of para-hydroxylation sites is 1. The molecule has 0 heterocycles. The van der Waals surface area contributed by atoms with Crippen molar-refractivity contribution in [2.75, 3.05) is 18.4 Å². The van der Waals surface area contributed by atoms with E-state index in [9.17, 15) is 19.5 Å². The van der Waals surface area contributed by atoms with Crippen molar-refractivity contribution < 1.29 is 19.5 Å². The van der Waals surface area contributed by atoms with E-state index in [0.717, 1.165) is 0 Å². The minimum atomic E-state index is -1.20. The Morgan fingerprint density at radius 3 is 2.20 bits per heavy atom. The summed E-state index contributed by atoms with van der Waals surface area (Å²) in [5.41, 5.74) is 11.4. The quantitative estimate of drug-likeness (QED) is 0.252. The van der Waals surface area contributed by atoms with Gasteiger partial charge in [-0.05, 0) is 51.9 Å². The van der Waals surface area contributed by atoms with E-state index in [1.165, 1.54) is 6.92 Å². The number of nitrogens with two attached hydrogens (primary N) is 2. The Bertz CT molecular complexity index is 718. The van der Waals surface area contributed by atoms with Crippen LogP contribution in [0.1, 0.15) is 26.7 Å². The lowest BCUT2D eigenvalue weighted by Crippen LogP contribution is -2.58. The van der Waals surface area contributed by atoms with Crippen LogP contribution in [0.15, 0.2) is 24.3 Å². The fourth-order valence-electron chi connectivity index (χ4n) is 2.63. The van der Waals surface area contributed by atoms with Crippen molar-refractivity contribution in [3.05, 3.63) is 29.3 Å². The number of hydrogen-bond acceptors (Lipinski definition) is 6. The highest BCUT2D eigenvalue weighted by atomic mass is 35.5. The van der Waals surface area contributed by atoms with Crippen LogP contribution < -0.4 is 32.7 Å². The van der Waals surface area contributed by atoms with Gasteiger partial charge in [-0.25, -0.2) is 4.79 Å². The van der Waals surface area contributed by atoms with E-state index in [2.05, 4.69) is 21.3 Å². The van der Waals surface area contributed by atoms with Gasteiger partial charge in [0.1, 0.15) is 12.1 Å². The number of carbonyl (C=O) groups is 3. The highest BCUT2D eigenvalue weighted by Crippen LogP contribution is 2.20. The summed E-state index contributed by atoms with van der Waals surface area (Å²) < 4.78 is 0. The third-order valence-corrected chi connectivity index (χ3v) is 4.58. The number of rotatable bonds is 11. The SMILES string of the molecule is C[C@H](CCN)NC(=O)[C@@H](NC(=O)[C@H](CCN)NC(=O)Nc1ccccc1Cl)[C@@H](C)O. The largest absolute Gasteiger partial charge is 0.391 e. The monoisotopic (exact) mass is 442 g/mol. The molecule has 4 amide bonds. The Balaban J connectivity index is 2.78. The number of aliphatic hydroxyl groups excluding tert-OH is 1. The van der Waals surface area contributed by atoms with Crippen LogP contribution >= 0.6 is 11.6 Å². The summed E-state index contributed by atoms with van der Waals surface area (Å²) in [5.74, 6) is -1.20. The summed E-state index contributed by atoms with van der Waals surface area (Å²) in [6.07, 6.45) is -0.486. The fraction of sp³-hybridized carbons (Fsp3) is 0.526. The van der Waals surface area contributed by atoms with Gasteiger partial charge in [-0.3, -0.25) is 9.59 Å². The second-order valence-electron chi connectivity index (χ2n) is 6.92. The molecule has 11 heteroatoms. The highest BCUT2D eigenvalue weighted by molar-refractivity contribution is 6.33. The van der Waals surface area contributed by atoms with Gasteiger partial charge >= 0.3 is 6.03 Å². The topological polar surface area (TPSA) is 172 Å². The van der Waals surface area contributed by atoms with Crippen molar-refractivity contribution in [1.29, 1.82) is 0 Å². The van der Waals surface area contributed by atoms with Gasteiger partial charge in [0.05, 0.1) is 16.8 Å². The van der Waals surface area contributed by atoms with Crippen LogP contribution in [-0.4, -0.2) is 60.3 Å². The summed E-state index contributed by atoms with van der Waals surface area (Å²) in [6.45, 7) is 3.65. The standard InChI is InChI=1S/C19H31ClN6O4/c1-11(7-9-21)23-18(29)16(12(2)27)26-17(28)15(8-10-22)25-19(30)24-14-6-4-3-5-13(14)20/h3-6,11-12,15-16,27H,7-10,21-22H2,1-2H3,(H,23,29)(H,26,28)(H2,24,25,30)/t11-,12-,15+,16+/m1/s1. The summed E-state index contributed by atoms with van der Waals surface area (Å²) in [5, 5.41) is 20.5. The minimum absolute atomic E-state index is 0.115. The number of anilines is 1. The molecule has 0 aromatic heterocycles. The van der Waals surface area contributed by atoms with Gasteiger partial charge in [-0.2, -0.15) is 0 Å². The number of carbonyl (C=O) groups excluding carboxylic acids is 3. The van der Waals surface area contributed by atoms with Gasteiger partial charge in [0, 0.05) is 6.04 Å². The molecular weight excluding hydrogens is 412 g/mol. The zero-order valence-corrected chi connectivity index (χ0v) is 17.9. The number of halogens is 1. The van der Waals surface area contributed by atoms with E-state index in [1.54, 1.807) is 31.2 Å². The van der Waals surface area contributed by atoms with Crippen LogP contribution in [0.2, 0.25) is 5.02 Å². The van der Waals surface area contributed by atoms with Crippen LogP contribution in [0.3, 0.4) is 0 Å². The molecule has 0 radical (unpaired) electrons. The third-order valence-electron chi connectivity index (χ3n) is 4.25. The molecule has 0 saturated heterocycles. The van der Waals surface area contributed by atoms with Crippen molar-refractivity contribution in [2.24, 2.45) is 11.5 Å². The smallest absolute Gasteiger partial charge is 0.319 e. The molecule has 168 valence electrons. The predicted octanol–water partition coefficient (Wildman–Crippen LogP) is -0.102. The molecule has 0 aliphatic rings. The second kappa shape index (κ2) is 13.0. The lowest BCUT2D eigenvalue weighted by molar-refractivity contribution is -0.132. The average Bonchev–Trinajstić information content (AvgIpc) is 2.67. The maximum absolute atomic E-state index is 12.7. The maximum atomic E-state index is 12.7. The van der Waals surface area contributed by atoms with Crippen LogP contribution in [0.25, 0.3) is 0 Å². The van der Waals surface area contributed by atoms with Gasteiger partial charge in [0.2, 0.25) is 11.8 Å². The molecule has 0 aliphatic carbocycles. The van der Waals surface area contributed by atoms with Crippen molar-refractivity contribution in [2.45, 2.75) is 50.9 Å². The fourth-order valence-corrected chi connectivity index (χ4v) is 2.81. The van der Waals surface area contributed by atoms with E-state index in [4.69, 9.17) is 23.1 Å². The minimum Gasteiger partial charge on any atom is -0.391 e. The van der Waals surface area contributed by atoms with Crippen molar-refractivity contribution in [3.8, 4) is 0 Å². The van der Waals surface area contributed by atoms with E-state index in [-0.39, 0.29) is 19.0 Å². The molecule has 0 aliphatic heterocycles. The van der Waals surface area contributed by atoms with Crippen molar-refractivity contribution >= 4 is 35.1 Å². The number of amides is 4. The first-order chi connectivity index (χ1) is 14.2. The predicted molar refractivity (Wildman–Crippen MR) is 116 cm³/mol. The van der Waals surface area contributed by atoms with Gasteiger partial charge in [-0.15, -0.1) is 0 Å². The molecule has 10 nitrogen and oxygen atoms in total. The summed E-state index contributed by atoms with van der Waals surface area (Å²) in [6, 6.07) is 3.52. The number of hydrogen-bond donors (Lipinski definition) is 7. The Hall–Kier alpha value is -2.40. The lowest BCUT2D eigenvalue weighted by Gasteiger charge is -2.26. The summed E-state index contributed by atoms with van der Waals surface area (Å²) in [4.78, 5) is 37.4. The van der Waals surface area contributed by atoms with Crippen molar-refractivity contribution in [1.82, 2.24) is 16.0 Å². The Morgan fingerprint density at radius 1 is 1.00 bits per heavy atom.